The van der Waals surface area contributed by atoms with Gasteiger partial charge in [-0.1, -0.05) is 13.8 Å². The number of likely N-dealkylation sites (N-methyl/N-ethyl adjacent to an activating group) is 1. The molecule has 8 nitrogen and oxygen atoms in total. The molecule has 1 heterocycles. The van der Waals surface area contributed by atoms with E-state index in [0.29, 0.717) is 18.9 Å². The van der Waals surface area contributed by atoms with Crippen LogP contribution in [0.1, 0.15) is 13.8 Å². The van der Waals surface area contributed by atoms with Crippen LogP contribution in [0.4, 0.5) is 0 Å². The van der Waals surface area contributed by atoms with Crippen molar-refractivity contribution in [1.82, 2.24) is 5.32 Å². The number of hydrogen-bond acceptors (Lipinski definition) is 8. The maximum atomic E-state index is 10.3. The van der Waals surface area contributed by atoms with Gasteiger partial charge in [0.25, 0.3) is 0 Å². The second-order valence-electron chi connectivity index (χ2n) is 5.26. The second kappa shape index (κ2) is 11.2. The number of aliphatic hydroxyl groups excluding tert-OH is 3. The zero-order valence-corrected chi connectivity index (χ0v) is 14.8. The van der Waals surface area contributed by atoms with Crippen LogP contribution in [0.3, 0.4) is 0 Å². The summed E-state index contributed by atoms with van der Waals surface area (Å²) in [5.41, 5.74) is 0. The molecule has 1 aromatic carbocycles. The number of phenolic OH excluding ortho intramolecular Hbond substituents is 1. The maximum Gasteiger partial charge on any atom is 0.197 e. The lowest BCUT2D eigenvalue weighted by molar-refractivity contribution is -0.294. The Labute approximate surface area is 148 Å². The molecule has 0 aromatic heterocycles. The summed E-state index contributed by atoms with van der Waals surface area (Å²) in [7, 11) is 1.77. The minimum Gasteiger partial charge on any atom is -0.508 e. The third-order valence-corrected chi connectivity index (χ3v) is 3.57. The minimum atomic E-state index is -1.30. The van der Waals surface area contributed by atoms with Gasteiger partial charge < -0.3 is 40.0 Å². The van der Waals surface area contributed by atoms with Crippen molar-refractivity contribution in [2.24, 2.45) is 0 Å². The van der Waals surface area contributed by atoms with E-state index in [9.17, 15) is 20.4 Å². The van der Waals surface area contributed by atoms with Gasteiger partial charge in [-0.2, -0.15) is 0 Å². The Morgan fingerprint density at radius 2 is 1.76 bits per heavy atom. The first kappa shape index (κ1) is 21.6. The van der Waals surface area contributed by atoms with Gasteiger partial charge in [0.2, 0.25) is 0 Å². The molecule has 0 radical (unpaired) electrons. The SMILES string of the molecule is CC.CNCCOC1OC(CO)C(O)C(O)C1Oc1ccc(O)cc1. The van der Waals surface area contributed by atoms with Gasteiger partial charge in [-0.3, -0.25) is 0 Å². The highest BCUT2D eigenvalue weighted by Gasteiger charge is 2.46. The molecule has 1 aliphatic rings. The van der Waals surface area contributed by atoms with Crippen LogP contribution in [-0.4, -0.2) is 77.9 Å². The lowest BCUT2D eigenvalue weighted by Crippen LogP contribution is -2.61. The Morgan fingerprint density at radius 1 is 1.12 bits per heavy atom. The predicted molar refractivity (Wildman–Crippen MR) is 91.5 cm³/mol. The van der Waals surface area contributed by atoms with Crippen molar-refractivity contribution >= 4 is 0 Å². The van der Waals surface area contributed by atoms with Crippen molar-refractivity contribution in [3.8, 4) is 11.5 Å². The molecule has 2 rings (SSSR count). The molecule has 8 heteroatoms. The van der Waals surface area contributed by atoms with Gasteiger partial charge >= 0.3 is 0 Å². The Morgan fingerprint density at radius 3 is 2.32 bits per heavy atom. The lowest BCUT2D eigenvalue weighted by atomic mass is 9.99. The average Bonchev–Trinajstić information content (AvgIpc) is 2.64. The quantitative estimate of drug-likeness (QED) is 0.426. The Balaban J connectivity index is 0.00000151. The first-order valence-electron chi connectivity index (χ1n) is 8.41. The average molecular weight is 359 g/mol. The molecule has 1 saturated heterocycles. The van der Waals surface area contributed by atoms with Crippen molar-refractivity contribution in [3.63, 3.8) is 0 Å². The summed E-state index contributed by atoms with van der Waals surface area (Å²) in [6.45, 7) is 4.42. The molecule has 0 spiro atoms. The predicted octanol–water partition coefficient (Wildman–Crippen LogP) is -0.159. The van der Waals surface area contributed by atoms with E-state index in [1.54, 1.807) is 7.05 Å². The van der Waals surface area contributed by atoms with E-state index in [0.717, 1.165) is 0 Å². The number of nitrogens with one attached hydrogen (secondary N) is 1. The van der Waals surface area contributed by atoms with Crippen molar-refractivity contribution < 1.29 is 34.6 Å². The molecule has 144 valence electrons. The van der Waals surface area contributed by atoms with Gasteiger partial charge in [0.1, 0.15) is 29.8 Å². The Kier molecular flexibility index (Phi) is 9.73. The van der Waals surface area contributed by atoms with Crippen LogP contribution in [-0.2, 0) is 9.47 Å². The van der Waals surface area contributed by atoms with Crippen LogP contribution >= 0.6 is 0 Å². The highest BCUT2D eigenvalue weighted by Crippen LogP contribution is 2.27. The standard InChI is InChI=1S/C15H23NO7.C2H6/c1-16-6-7-21-15-14(13(20)12(19)11(8-17)23-15)22-10-4-2-9(18)3-5-10;1-2/h2-5,11-20H,6-8H2,1H3;1-2H3. The normalized spacial score (nSPS) is 28.8. The van der Waals surface area contributed by atoms with Gasteiger partial charge in [-0.15, -0.1) is 0 Å². The van der Waals surface area contributed by atoms with Gasteiger partial charge in [-0.05, 0) is 31.3 Å². The van der Waals surface area contributed by atoms with E-state index in [2.05, 4.69) is 5.32 Å². The molecule has 5 N–H and O–H groups in total. The summed E-state index contributed by atoms with van der Waals surface area (Å²) in [6, 6.07) is 5.93. The molecular weight excluding hydrogens is 330 g/mol. The fourth-order valence-electron chi connectivity index (χ4n) is 2.27. The summed E-state index contributed by atoms with van der Waals surface area (Å²) in [6.07, 6.45) is -5.48. The van der Waals surface area contributed by atoms with Crippen LogP contribution < -0.4 is 10.1 Å². The third kappa shape index (κ3) is 6.10. The zero-order chi connectivity index (χ0) is 18.8. The van der Waals surface area contributed by atoms with Crippen molar-refractivity contribution in [2.45, 2.75) is 44.6 Å². The van der Waals surface area contributed by atoms with Crippen LogP contribution in [0.5, 0.6) is 11.5 Å². The fraction of sp³-hybridized carbons (Fsp3) is 0.647. The summed E-state index contributed by atoms with van der Waals surface area (Å²) in [5.74, 6) is 0.465. The largest absolute Gasteiger partial charge is 0.508 e. The molecule has 0 amide bonds. The van der Waals surface area contributed by atoms with Gasteiger partial charge in [0.05, 0.1) is 13.2 Å². The molecule has 0 aliphatic carbocycles. The highest BCUT2D eigenvalue weighted by atomic mass is 16.7. The third-order valence-electron chi connectivity index (χ3n) is 3.57. The monoisotopic (exact) mass is 359 g/mol. The molecule has 1 aliphatic heterocycles. The topological polar surface area (TPSA) is 121 Å². The molecule has 0 saturated carbocycles. The van der Waals surface area contributed by atoms with Gasteiger partial charge in [-0.25, -0.2) is 0 Å². The van der Waals surface area contributed by atoms with E-state index in [-0.39, 0.29) is 5.75 Å². The van der Waals surface area contributed by atoms with Crippen molar-refractivity contribution in [3.05, 3.63) is 24.3 Å². The molecule has 5 unspecified atom stereocenters. The Hall–Kier alpha value is -1.42. The van der Waals surface area contributed by atoms with E-state index in [4.69, 9.17) is 14.2 Å². The van der Waals surface area contributed by atoms with Crippen LogP contribution in [0.2, 0.25) is 0 Å². The second-order valence-corrected chi connectivity index (χ2v) is 5.26. The molecule has 1 fully saturated rings. The number of aliphatic hydroxyl groups is 3. The summed E-state index contributed by atoms with van der Waals surface area (Å²) < 4.78 is 16.7. The van der Waals surface area contributed by atoms with Gasteiger partial charge in [0.15, 0.2) is 12.4 Å². The van der Waals surface area contributed by atoms with Crippen LogP contribution in [0, 0.1) is 0 Å². The number of rotatable bonds is 7. The Bertz CT molecular complexity index is 471. The number of hydrogen-bond donors (Lipinski definition) is 5. The van der Waals surface area contributed by atoms with E-state index in [1.807, 2.05) is 13.8 Å². The first-order valence-corrected chi connectivity index (χ1v) is 8.41. The lowest BCUT2D eigenvalue weighted by Gasteiger charge is -2.41. The molecule has 1 aromatic rings. The van der Waals surface area contributed by atoms with Crippen molar-refractivity contribution in [2.75, 3.05) is 26.8 Å². The minimum absolute atomic E-state index is 0.0833. The van der Waals surface area contributed by atoms with Crippen molar-refractivity contribution in [1.29, 1.82) is 0 Å². The number of phenols is 1. The first-order chi connectivity index (χ1) is 12.1. The zero-order valence-electron chi connectivity index (χ0n) is 14.8. The molecule has 0 bridgehead atoms. The highest BCUT2D eigenvalue weighted by molar-refractivity contribution is 5.30. The molecule has 25 heavy (non-hydrogen) atoms. The van der Waals surface area contributed by atoms with E-state index in [1.165, 1.54) is 24.3 Å². The van der Waals surface area contributed by atoms with E-state index >= 15 is 0 Å². The molecule has 5 atom stereocenters. The van der Waals surface area contributed by atoms with Crippen LogP contribution in [0.15, 0.2) is 24.3 Å². The molecular formula is C17H29NO7. The smallest absolute Gasteiger partial charge is 0.197 e. The summed E-state index contributed by atoms with van der Waals surface area (Å²) >= 11 is 0. The number of aromatic hydroxyl groups is 1. The van der Waals surface area contributed by atoms with Gasteiger partial charge in [0, 0.05) is 6.54 Å². The summed E-state index contributed by atoms with van der Waals surface area (Å²) in [4.78, 5) is 0. The summed E-state index contributed by atoms with van der Waals surface area (Å²) in [5, 5.41) is 41.7. The maximum absolute atomic E-state index is 10.3. The van der Waals surface area contributed by atoms with E-state index < -0.39 is 37.3 Å². The number of ether oxygens (including phenoxy) is 3. The number of benzene rings is 1. The fourth-order valence-corrected chi connectivity index (χ4v) is 2.27. The van der Waals surface area contributed by atoms with Crippen LogP contribution in [0.25, 0.3) is 0 Å².